The van der Waals surface area contributed by atoms with Crippen molar-refractivity contribution < 1.29 is 4.79 Å². The van der Waals surface area contributed by atoms with Crippen LogP contribution in [0.3, 0.4) is 0 Å². The molecule has 0 bridgehead atoms. The maximum absolute atomic E-state index is 11.1. The molecule has 1 aliphatic rings. The minimum atomic E-state index is 0.351. The van der Waals surface area contributed by atoms with Crippen molar-refractivity contribution in [3.8, 4) is 0 Å². The summed E-state index contributed by atoms with van der Waals surface area (Å²) >= 11 is 0. The van der Waals surface area contributed by atoms with Crippen LogP contribution in [0.2, 0.25) is 0 Å². The molecular weight excluding hydrogens is 196 g/mol. The quantitative estimate of drug-likeness (QED) is 0.619. The van der Waals surface area contributed by atoms with Crippen LogP contribution in [-0.4, -0.2) is 5.78 Å². The molecule has 1 rings (SSSR count). The van der Waals surface area contributed by atoms with Gasteiger partial charge in [-0.1, -0.05) is 52.5 Å². The molecule has 16 heavy (non-hydrogen) atoms. The molecule has 0 saturated heterocycles. The van der Waals surface area contributed by atoms with Crippen LogP contribution in [0.25, 0.3) is 0 Å². The van der Waals surface area contributed by atoms with Crippen LogP contribution in [0, 0.1) is 0 Å². The lowest BCUT2D eigenvalue weighted by atomic mass is 9.88. The van der Waals surface area contributed by atoms with Gasteiger partial charge < -0.3 is 0 Å². The van der Waals surface area contributed by atoms with Gasteiger partial charge in [0.25, 0.3) is 0 Å². The second-order valence-corrected chi connectivity index (χ2v) is 2.96. The minimum Gasteiger partial charge on any atom is -0.299 e. The molecule has 1 fully saturated rings. The third-order valence-corrected chi connectivity index (χ3v) is 2.14. The van der Waals surface area contributed by atoms with Crippen LogP contribution < -0.4 is 0 Å². The van der Waals surface area contributed by atoms with E-state index in [-0.39, 0.29) is 0 Å². The van der Waals surface area contributed by atoms with Gasteiger partial charge in [0.05, 0.1) is 0 Å². The molecule has 0 amide bonds. The van der Waals surface area contributed by atoms with E-state index in [2.05, 4.69) is 6.58 Å². The van der Waals surface area contributed by atoms with Crippen molar-refractivity contribution in [1.29, 1.82) is 0 Å². The molecule has 1 nitrogen and oxygen atoms in total. The van der Waals surface area contributed by atoms with Crippen molar-refractivity contribution in [2.45, 2.75) is 53.9 Å². The molecule has 1 aliphatic carbocycles. The van der Waals surface area contributed by atoms with Crippen molar-refractivity contribution in [2.24, 2.45) is 0 Å². The topological polar surface area (TPSA) is 17.1 Å². The van der Waals surface area contributed by atoms with E-state index in [1.54, 1.807) is 6.08 Å². The van der Waals surface area contributed by atoms with E-state index >= 15 is 0 Å². The molecule has 0 spiro atoms. The van der Waals surface area contributed by atoms with Gasteiger partial charge in [-0.2, -0.15) is 0 Å². The van der Waals surface area contributed by atoms with Gasteiger partial charge in [-0.15, -0.1) is 0 Å². The van der Waals surface area contributed by atoms with Gasteiger partial charge >= 0.3 is 0 Å². The van der Waals surface area contributed by atoms with Crippen LogP contribution >= 0.6 is 0 Å². The SMILES string of the molecule is C=C/C=C1/CCC(=O)C/C1=C/C.CC.CC. The number of allylic oxidation sites excluding steroid dienone is 5. The fraction of sp³-hybridized carbons (Fsp3) is 0.533. The van der Waals surface area contributed by atoms with Gasteiger partial charge in [0, 0.05) is 12.8 Å². The van der Waals surface area contributed by atoms with Crippen molar-refractivity contribution >= 4 is 5.78 Å². The lowest BCUT2D eigenvalue weighted by molar-refractivity contribution is -0.118. The molecule has 0 unspecified atom stereocenters. The molecule has 1 saturated carbocycles. The Balaban J connectivity index is 0. The summed E-state index contributed by atoms with van der Waals surface area (Å²) in [4.78, 5) is 11.1. The first-order chi connectivity index (χ1) is 7.77. The van der Waals surface area contributed by atoms with E-state index in [0.29, 0.717) is 18.6 Å². The van der Waals surface area contributed by atoms with Crippen LogP contribution in [0.4, 0.5) is 0 Å². The summed E-state index contributed by atoms with van der Waals surface area (Å²) < 4.78 is 0. The Morgan fingerprint density at radius 1 is 1.06 bits per heavy atom. The largest absolute Gasteiger partial charge is 0.299 e. The Bertz CT molecular complexity index is 257. The monoisotopic (exact) mass is 222 g/mol. The van der Waals surface area contributed by atoms with Crippen molar-refractivity contribution in [2.75, 3.05) is 0 Å². The number of hydrogen-bond donors (Lipinski definition) is 0. The summed E-state index contributed by atoms with van der Waals surface area (Å²) in [7, 11) is 0. The number of rotatable bonds is 1. The first kappa shape index (κ1) is 17.3. The molecule has 0 aromatic carbocycles. The molecule has 0 aliphatic heterocycles. The van der Waals surface area contributed by atoms with Crippen LogP contribution in [0.5, 0.6) is 0 Å². The zero-order chi connectivity index (χ0) is 13.0. The van der Waals surface area contributed by atoms with Gasteiger partial charge in [0.15, 0.2) is 0 Å². The van der Waals surface area contributed by atoms with E-state index in [1.165, 1.54) is 11.1 Å². The molecule has 0 atom stereocenters. The Morgan fingerprint density at radius 2 is 1.62 bits per heavy atom. The molecule has 0 aromatic rings. The minimum absolute atomic E-state index is 0.351. The Kier molecular flexibility index (Phi) is 12.9. The third kappa shape index (κ3) is 6.39. The van der Waals surface area contributed by atoms with Crippen LogP contribution in [-0.2, 0) is 4.79 Å². The number of carbonyl (C=O) groups excluding carboxylic acids is 1. The fourth-order valence-electron chi connectivity index (χ4n) is 1.47. The summed E-state index contributed by atoms with van der Waals surface area (Å²) in [6.45, 7) is 13.6. The third-order valence-electron chi connectivity index (χ3n) is 2.14. The van der Waals surface area contributed by atoms with Gasteiger partial charge in [0.1, 0.15) is 5.78 Å². The van der Waals surface area contributed by atoms with E-state index in [4.69, 9.17) is 0 Å². The summed E-state index contributed by atoms with van der Waals surface area (Å²) in [5.41, 5.74) is 2.44. The van der Waals surface area contributed by atoms with E-state index in [1.807, 2.05) is 46.8 Å². The average molecular weight is 222 g/mol. The maximum atomic E-state index is 11.1. The molecule has 0 aromatic heterocycles. The highest BCUT2D eigenvalue weighted by atomic mass is 16.1. The Morgan fingerprint density at radius 3 is 2.06 bits per heavy atom. The van der Waals surface area contributed by atoms with Crippen LogP contribution in [0.1, 0.15) is 53.9 Å². The highest BCUT2D eigenvalue weighted by molar-refractivity contribution is 5.84. The normalized spacial score (nSPS) is 19.4. The smallest absolute Gasteiger partial charge is 0.137 e. The lowest BCUT2D eigenvalue weighted by Crippen LogP contribution is -2.09. The number of Topliss-reactive ketones (excluding diaryl/α,β-unsaturated/α-hetero) is 1. The van der Waals surface area contributed by atoms with Crippen molar-refractivity contribution in [3.05, 3.63) is 36.0 Å². The van der Waals surface area contributed by atoms with E-state index < -0.39 is 0 Å². The standard InChI is InChI=1S/C11H14O.2C2H6/c1-3-5-10-6-7-11(12)8-9(10)4-2;2*1-2/h3-5H,1,6-8H2,2H3;2*1-2H3/b9-4-,10-5-;;. The first-order valence-electron chi connectivity index (χ1n) is 6.26. The van der Waals surface area contributed by atoms with Crippen molar-refractivity contribution in [3.63, 3.8) is 0 Å². The van der Waals surface area contributed by atoms with E-state index in [9.17, 15) is 4.79 Å². The van der Waals surface area contributed by atoms with Gasteiger partial charge in [-0.05, 0) is 24.5 Å². The number of hydrogen-bond acceptors (Lipinski definition) is 1. The maximum Gasteiger partial charge on any atom is 0.137 e. The number of carbonyl (C=O) groups is 1. The molecule has 0 N–H and O–H groups in total. The zero-order valence-corrected chi connectivity index (χ0v) is 11.5. The van der Waals surface area contributed by atoms with Gasteiger partial charge in [0.2, 0.25) is 0 Å². The molecule has 1 heteroatoms. The van der Waals surface area contributed by atoms with Crippen LogP contribution in [0.15, 0.2) is 36.0 Å². The number of ketones is 1. The summed E-state index contributed by atoms with van der Waals surface area (Å²) in [6, 6.07) is 0. The van der Waals surface area contributed by atoms with Crippen molar-refractivity contribution in [1.82, 2.24) is 0 Å². The second-order valence-electron chi connectivity index (χ2n) is 2.96. The second kappa shape index (κ2) is 12.0. The average Bonchev–Trinajstić information content (AvgIpc) is 2.36. The fourth-order valence-corrected chi connectivity index (χ4v) is 1.47. The zero-order valence-electron chi connectivity index (χ0n) is 11.5. The van der Waals surface area contributed by atoms with Gasteiger partial charge in [-0.25, -0.2) is 0 Å². The predicted molar refractivity (Wildman–Crippen MR) is 73.6 cm³/mol. The van der Waals surface area contributed by atoms with E-state index in [0.717, 1.165) is 6.42 Å². The molecule has 92 valence electrons. The Hall–Kier alpha value is -1.11. The highest BCUT2D eigenvalue weighted by Crippen LogP contribution is 2.26. The summed E-state index contributed by atoms with van der Waals surface area (Å²) in [5.74, 6) is 0.351. The molecule has 0 heterocycles. The molecule has 0 radical (unpaired) electrons. The predicted octanol–water partition coefficient (Wildman–Crippen LogP) is 4.85. The first-order valence-corrected chi connectivity index (χ1v) is 6.26. The Labute approximate surface area is 101 Å². The van der Waals surface area contributed by atoms with Gasteiger partial charge in [-0.3, -0.25) is 4.79 Å². The lowest BCUT2D eigenvalue weighted by Gasteiger charge is -2.16. The highest BCUT2D eigenvalue weighted by Gasteiger charge is 2.16. The summed E-state index contributed by atoms with van der Waals surface area (Å²) in [6.07, 6.45) is 7.99. The summed E-state index contributed by atoms with van der Waals surface area (Å²) in [5, 5.41) is 0. The molecular formula is C15H26O.